The number of fused-ring (bicyclic) bond motifs is 1. The summed E-state index contributed by atoms with van der Waals surface area (Å²) in [5.74, 6) is -0.622. The maximum atomic E-state index is 13.9. The second-order valence-corrected chi connectivity index (χ2v) is 12.5. The Bertz CT molecular complexity index is 1620. The Morgan fingerprint density at radius 3 is 2.60 bits per heavy atom. The largest absolute Gasteiger partial charge is 0.383 e. The normalized spacial score (nSPS) is 15.2. The number of rotatable bonds is 8. The van der Waals surface area contributed by atoms with Crippen LogP contribution in [0.3, 0.4) is 0 Å². The first kappa shape index (κ1) is 28.1. The van der Waals surface area contributed by atoms with Crippen LogP contribution in [0, 0.1) is 33.2 Å². The van der Waals surface area contributed by atoms with E-state index in [9.17, 15) is 18.4 Å². The van der Waals surface area contributed by atoms with Gasteiger partial charge in [0.25, 0.3) is 6.43 Å². The van der Waals surface area contributed by atoms with E-state index in [4.69, 9.17) is 0 Å². The zero-order valence-electron chi connectivity index (χ0n) is 22.4. The van der Waals surface area contributed by atoms with Crippen LogP contribution in [-0.2, 0) is 5.54 Å². The summed E-state index contributed by atoms with van der Waals surface area (Å²) in [6, 6.07) is 8.21. The third-order valence-corrected chi connectivity index (χ3v) is 7.81. The van der Waals surface area contributed by atoms with Crippen molar-refractivity contribution in [3.8, 4) is 6.07 Å². The SMILES string of the molecule is Cc1nc(F)ccc1[C@H](Nc1cc(I)c2ncc(C#N)c(NCC(C)(C)C)c2c1)c1cn(C2(C(F)F)CC2)nn1. The zero-order chi connectivity index (χ0) is 28.8. The van der Waals surface area contributed by atoms with Gasteiger partial charge in [0.1, 0.15) is 17.3 Å². The van der Waals surface area contributed by atoms with Gasteiger partial charge in [0.2, 0.25) is 5.95 Å². The number of benzene rings is 1. The molecule has 0 unspecified atom stereocenters. The Morgan fingerprint density at radius 2 is 1.98 bits per heavy atom. The molecule has 0 amide bonds. The number of aromatic nitrogens is 5. The third kappa shape index (κ3) is 5.43. The second-order valence-electron chi connectivity index (χ2n) is 11.3. The molecule has 1 aromatic carbocycles. The predicted octanol–water partition coefficient (Wildman–Crippen LogP) is 6.56. The average molecular weight is 660 g/mol. The van der Waals surface area contributed by atoms with Crippen molar-refractivity contribution < 1.29 is 13.2 Å². The smallest absolute Gasteiger partial charge is 0.263 e. The van der Waals surface area contributed by atoms with Gasteiger partial charge >= 0.3 is 0 Å². The quantitative estimate of drug-likeness (QED) is 0.163. The lowest BCUT2D eigenvalue weighted by atomic mass is 9.96. The molecule has 0 radical (unpaired) electrons. The Hall–Kier alpha value is -3.47. The molecule has 2 N–H and O–H groups in total. The molecule has 0 spiro atoms. The number of nitrogens with one attached hydrogen (secondary N) is 2. The highest BCUT2D eigenvalue weighted by Gasteiger charge is 2.54. The van der Waals surface area contributed by atoms with Gasteiger partial charge in [-0.15, -0.1) is 5.10 Å². The minimum atomic E-state index is -2.56. The molecule has 1 atom stereocenters. The van der Waals surface area contributed by atoms with Crippen LogP contribution in [0.1, 0.15) is 62.2 Å². The standard InChI is InChI=1S/C28H28F3IN8/c1-15-18(5-6-22(29)36-15)25(21-13-40(39-38-21)28(7-8-28)26(30)31)37-17-9-19-23(35-14-27(2,3)4)16(11-33)12-34-24(19)20(32)10-17/h5-6,9-10,12-13,25-26,37H,7-8,14H2,1-4H3,(H,34,35)/t25-/m0/s1. The first-order chi connectivity index (χ1) is 18.9. The maximum Gasteiger partial charge on any atom is 0.263 e. The Labute approximate surface area is 243 Å². The molecule has 3 heterocycles. The number of anilines is 2. The predicted molar refractivity (Wildman–Crippen MR) is 155 cm³/mol. The number of aryl methyl sites for hydroxylation is 1. The molecule has 1 aliphatic rings. The highest BCUT2D eigenvalue weighted by atomic mass is 127. The van der Waals surface area contributed by atoms with Crippen LogP contribution < -0.4 is 10.6 Å². The fourth-order valence-electron chi connectivity index (χ4n) is 4.60. The molecule has 8 nitrogen and oxygen atoms in total. The summed E-state index contributed by atoms with van der Waals surface area (Å²) in [6.07, 6.45) is 1.17. The fourth-order valence-corrected chi connectivity index (χ4v) is 5.36. The van der Waals surface area contributed by atoms with Crippen molar-refractivity contribution in [1.82, 2.24) is 25.0 Å². The summed E-state index contributed by atoms with van der Waals surface area (Å²) in [7, 11) is 0. The van der Waals surface area contributed by atoms with Gasteiger partial charge in [-0.25, -0.2) is 18.4 Å². The molecule has 40 heavy (non-hydrogen) atoms. The minimum Gasteiger partial charge on any atom is -0.383 e. The number of nitriles is 1. The van der Waals surface area contributed by atoms with Crippen molar-refractivity contribution in [3.63, 3.8) is 0 Å². The lowest BCUT2D eigenvalue weighted by molar-refractivity contribution is 0.0593. The van der Waals surface area contributed by atoms with E-state index in [1.165, 1.54) is 16.9 Å². The summed E-state index contributed by atoms with van der Waals surface area (Å²) in [5, 5.41) is 25.7. The number of nitrogens with zero attached hydrogens (tertiary/aromatic N) is 6. The molecule has 12 heteroatoms. The topological polar surface area (TPSA) is 104 Å². The van der Waals surface area contributed by atoms with E-state index in [0.29, 0.717) is 53.3 Å². The molecular formula is C28H28F3IN8. The number of alkyl halides is 2. The highest BCUT2D eigenvalue weighted by molar-refractivity contribution is 14.1. The van der Waals surface area contributed by atoms with Crippen LogP contribution in [0.25, 0.3) is 10.9 Å². The van der Waals surface area contributed by atoms with Gasteiger partial charge in [-0.3, -0.25) is 4.98 Å². The fraction of sp³-hybridized carbons (Fsp3) is 0.393. The van der Waals surface area contributed by atoms with E-state index in [-0.39, 0.29) is 5.41 Å². The summed E-state index contributed by atoms with van der Waals surface area (Å²) in [4.78, 5) is 8.49. The van der Waals surface area contributed by atoms with Crippen molar-refractivity contribution in [3.05, 3.63) is 68.7 Å². The Balaban J connectivity index is 1.60. The van der Waals surface area contributed by atoms with Gasteiger partial charge in [0.05, 0.1) is 29.0 Å². The van der Waals surface area contributed by atoms with E-state index in [1.807, 2.05) is 12.1 Å². The van der Waals surface area contributed by atoms with E-state index in [2.05, 4.69) is 80.3 Å². The molecule has 0 saturated heterocycles. The first-order valence-electron chi connectivity index (χ1n) is 12.8. The molecule has 1 fully saturated rings. The van der Waals surface area contributed by atoms with E-state index in [1.54, 1.807) is 19.2 Å². The van der Waals surface area contributed by atoms with Gasteiger partial charge in [0.15, 0.2) is 0 Å². The van der Waals surface area contributed by atoms with Crippen LogP contribution in [0.4, 0.5) is 24.5 Å². The first-order valence-corrected chi connectivity index (χ1v) is 13.9. The van der Waals surface area contributed by atoms with E-state index in [0.717, 1.165) is 14.5 Å². The molecule has 3 aromatic heterocycles. The van der Waals surface area contributed by atoms with Gasteiger partial charge in [0, 0.05) is 38.6 Å². The minimum absolute atomic E-state index is 0.0352. The van der Waals surface area contributed by atoms with Crippen LogP contribution in [0.15, 0.2) is 36.7 Å². The number of pyridine rings is 2. The van der Waals surface area contributed by atoms with Gasteiger partial charge in [-0.05, 0) is 66.0 Å². The maximum absolute atomic E-state index is 13.9. The molecule has 0 aliphatic heterocycles. The molecule has 1 saturated carbocycles. The van der Waals surface area contributed by atoms with Crippen molar-refractivity contribution in [2.24, 2.45) is 5.41 Å². The number of hydrogen-bond donors (Lipinski definition) is 2. The van der Waals surface area contributed by atoms with Crippen LogP contribution in [-0.4, -0.2) is 37.9 Å². The van der Waals surface area contributed by atoms with Gasteiger partial charge < -0.3 is 10.6 Å². The lowest BCUT2D eigenvalue weighted by Gasteiger charge is -2.23. The number of halogens is 4. The highest BCUT2D eigenvalue weighted by Crippen LogP contribution is 2.48. The van der Waals surface area contributed by atoms with E-state index < -0.39 is 24.0 Å². The molecule has 0 bridgehead atoms. The van der Waals surface area contributed by atoms with Crippen LogP contribution in [0.5, 0.6) is 0 Å². The summed E-state index contributed by atoms with van der Waals surface area (Å²) < 4.78 is 43.6. The summed E-state index contributed by atoms with van der Waals surface area (Å²) >= 11 is 2.20. The molecule has 208 valence electrons. The summed E-state index contributed by atoms with van der Waals surface area (Å²) in [5.41, 5.74) is 2.59. The van der Waals surface area contributed by atoms with Crippen LogP contribution in [0.2, 0.25) is 0 Å². The molecule has 5 rings (SSSR count). The second kappa shape index (κ2) is 10.5. The molecular weight excluding hydrogens is 632 g/mol. The van der Waals surface area contributed by atoms with E-state index >= 15 is 0 Å². The Kier molecular flexibility index (Phi) is 7.37. The van der Waals surface area contributed by atoms with Crippen molar-refractivity contribution >= 4 is 44.9 Å². The van der Waals surface area contributed by atoms with Crippen molar-refractivity contribution in [1.29, 1.82) is 5.26 Å². The average Bonchev–Trinajstić information content (AvgIpc) is 3.56. The molecule has 4 aromatic rings. The van der Waals surface area contributed by atoms with Crippen LogP contribution >= 0.6 is 22.6 Å². The van der Waals surface area contributed by atoms with Gasteiger partial charge in [-0.2, -0.15) is 9.65 Å². The summed E-state index contributed by atoms with van der Waals surface area (Å²) in [6.45, 7) is 8.61. The third-order valence-electron chi connectivity index (χ3n) is 6.99. The molecule has 1 aliphatic carbocycles. The van der Waals surface area contributed by atoms with Crippen molar-refractivity contribution in [2.45, 2.75) is 58.5 Å². The van der Waals surface area contributed by atoms with Crippen molar-refractivity contribution in [2.75, 3.05) is 17.2 Å². The lowest BCUT2D eigenvalue weighted by Crippen LogP contribution is -2.26. The monoisotopic (exact) mass is 660 g/mol. The number of hydrogen-bond acceptors (Lipinski definition) is 7. The Morgan fingerprint density at radius 1 is 1.23 bits per heavy atom. The van der Waals surface area contributed by atoms with Gasteiger partial charge in [-0.1, -0.05) is 32.1 Å². The zero-order valence-corrected chi connectivity index (χ0v) is 24.6.